The Balaban J connectivity index is 1.48. The standard InChI is InChI=1S/C27H32N4O/c1-22(20-29-16-18-30(19-17-29)24-12-6-3-7-13-24)31(21-23-10-4-2-5-11-23)26-15-9-8-14-25(26)27(28)32/h2-15,22H,16-21H2,1H3,(H2,28,32). The third-order valence-electron chi connectivity index (χ3n) is 6.22. The lowest BCUT2D eigenvalue weighted by Crippen LogP contribution is -2.51. The molecular weight excluding hydrogens is 396 g/mol. The van der Waals surface area contributed by atoms with Crippen LogP contribution in [0.15, 0.2) is 84.9 Å². The molecule has 4 rings (SSSR count). The second-order valence-electron chi connectivity index (χ2n) is 8.47. The number of piperazine rings is 1. The van der Waals surface area contributed by atoms with Gasteiger partial charge in [0.15, 0.2) is 0 Å². The fourth-order valence-electron chi connectivity index (χ4n) is 4.49. The molecule has 0 saturated carbocycles. The van der Waals surface area contributed by atoms with E-state index in [4.69, 9.17) is 5.73 Å². The topological polar surface area (TPSA) is 52.8 Å². The molecule has 1 heterocycles. The normalized spacial score (nSPS) is 15.3. The number of hydrogen-bond acceptors (Lipinski definition) is 4. The number of para-hydroxylation sites is 2. The molecule has 1 atom stereocenters. The summed E-state index contributed by atoms with van der Waals surface area (Å²) in [5.41, 5.74) is 9.70. The Morgan fingerprint density at radius 3 is 2.12 bits per heavy atom. The van der Waals surface area contributed by atoms with Crippen molar-refractivity contribution in [2.24, 2.45) is 5.73 Å². The maximum atomic E-state index is 12.1. The van der Waals surface area contributed by atoms with E-state index in [9.17, 15) is 4.79 Å². The summed E-state index contributed by atoms with van der Waals surface area (Å²) in [6.45, 7) is 8.00. The first kappa shape index (κ1) is 21.9. The van der Waals surface area contributed by atoms with Gasteiger partial charge >= 0.3 is 0 Å². The van der Waals surface area contributed by atoms with E-state index in [2.05, 4.69) is 76.2 Å². The Morgan fingerprint density at radius 2 is 1.47 bits per heavy atom. The first-order valence-corrected chi connectivity index (χ1v) is 11.3. The molecule has 32 heavy (non-hydrogen) atoms. The number of hydrogen-bond donors (Lipinski definition) is 1. The summed E-state index contributed by atoms with van der Waals surface area (Å²) < 4.78 is 0. The van der Waals surface area contributed by atoms with Gasteiger partial charge in [-0.2, -0.15) is 0 Å². The van der Waals surface area contributed by atoms with Crippen LogP contribution in [-0.2, 0) is 6.54 Å². The zero-order valence-electron chi connectivity index (χ0n) is 18.7. The summed E-state index contributed by atoms with van der Waals surface area (Å²) in [6, 6.07) is 28.9. The van der Waals surface area contributed by atoms with Gasteiger partial charge in [0.1, 0.15) is 0 Å². The van der Waals surface area contributed by atoms with Crippen LogP contribution in [0.4, 0.5) is 11.4 Å². The molecule has 5 nitrogen and oxygen atoms in total. The van der Waals surface area contributed by atoms with E-state index >= 15 is 0 Å². The van der Waals surface area contributed by atoms with E-state index < -0.39 is 0 Å². The zero-order valence-corrected chi connectivity index (χ0v) is 18.7. The molecule has 166 valence electrons. The molecule has 0 aliphatic carbocycles. The second-order valence-corrected chi connectivity index (χ2v) is 8.47. The van der Waals surface area contributed by atoms with E-state index in [1.165, 1.54) is 11.3 Å². The summed E-state index contributed by atoms with van der Waals surface area (Å²) in [5.74, 6) is -0.387. The van der Waals surface area contributed by atoms with Crippen LogP contribution < -0.4 is 15.5 Å². The van der Waals surface area contributed by atoms with E-state index in [0.29, 0.717) is 5.56 Å². The molecule has 0 aromatic heterocycles. The van der Waals surface area contributed by atoms with Gasteiger partial charge in [-0.25, -0.2) is 0 Å². The fourth-order valence-corrected chi connectivity index (χ4v) is 4.49. The molecule has 1 aliphatic heterocycles. The first-order chi connectivity index (χ1) is 15.6. The fraction of sp³-hybridized carbons (Fsp3) is 0.296. The maximum absolute atomic E-state index is 12.1. The van der Waals surface area contributed by atoms with Crippen molar-refractivity contribution in [3.05, 3.63) is 96.1 Å². The molecule has 3 aromatic rings. The third kappa shape index (κ3) is 5.29. The Labute approximate surface area is 191 Å². The van der Waals surface area contributed by atoms with Crippen molar-refractivity contribution >= 4 is 17.3 Å². The number of carbonyl (C=O) groups is 1. The number of nitrogens with two attached hydrogens (primary N) is 1. The van der Waals surface area contributed by atoms with Crippen LogP contribution in [0, 0.1) is 0 Å². The van der Waals surface area contributed by atoms with Crippen molar-refractivity contribution in [2.75, 3.05) is 42.5 Å². The van der Waals surface area contributed by atoms with E-state index in [-0.39, 0.29) is 11.9 Å². The van der Waals surface area contributed by atoms with E-state index in [1.807, 2.05) is 30.3 Å². The number of benzene rings is 3. The Morgan fingerprint density at radius 1 is 0.875 bits per heavy atom. The van der Waals surface area contributed by atoms with Gasteiger partial charge in [0.25, 0.3) is 5.91 Å². The summed E-state index contributed by atoms with van der Waals surface area (Å²) >= 11 is 0. The van der Waals surface area contributed by atoms with Crippen molar-refractivity contribution in [1.82, 2.24) is 4.90 Å². The molecule has 0 bridgehead atoms. The highest BCUT2D eigenvalue weighted by Crippen LogP contribution is 2.25. The summed E-state index contributed by atoms with van der Waals surface area (Å²) in [7, 11) is 0. The lowest BCUT2D eigenvalue weighted by atomic mass is 10.1. The van der Waals surface area contributed by atoms with E-state index in [1.54, 1.807) is 0 Å². The predicted octanol–water partition coefficient (Wildman–Crippen LogP) is 4.00. The smallest absolute Gasteiger partial charge is 0.250 e. The minimum absolute atomic E-state index is 0.221. The van der Waals surface area contributed by atoms with Gasteiger partial charge in [-0.05, 0) is 36.8 Å². The number of rotatable bonds is 8. The average Bonchev–Trinajstić information content (AvgIpc) is 2.84. The van der Waals surface area contributed by atoms with Crippen LogP contribution >= 0.6 is 0 Å². The Kier molecular flexibility index (Phi) is 7.07. The maximum Gasteiger partial charge on any atom is 0.250 e. The minimum Gasteiger partial charge on any atom is -0.369 e. The number of primary amides is 1. The molecule has 1 unspecified atom stereocenters. The molecule has 5 heteroatoms. The van der Waals surface area contributed by atoms with Gasteiger partial charge in [0.05, 0.1) is 11.3 Å². The van der Waals surface area contributed by atoms with Crippen LogP contribution in [0.3, 0.4) is 0 Å². The van der Waals surface area contributed by atoms with Gasteiger partial charge in [-0.1, -0.05) is 60.7 Å². The lowest BCUT2D eigenvalue weighted by molar-refractivity contribution is 0.100. The van der Waals surface area contributed by atoms with Crippen LogP contribution in [0.1, 0.15) is 22.8 Å². The minimum atomic E-state index is -0.387. The highest BCUT2D eigenvalue weighted by atomic mass is 16.1. The van der Waals surface area contributed by atoms with Crippen LogP contribution in [0.25, 0.3) is 0 Å². The average molecular weight is 429 g/mol. The third-order valence-corrected chi connectivity index (χ3v) is 6.22. The van der Waals surface area contributed by atoms with E-state index in [0.717, 1.165) is 45.0 Å². The Bertz CT molecular complexity index is 1000. The molecule has 3 aromatic carbocycles. The lowest BCUT2D eigenvalue weighted by Gasteiger charge is -2.40. The molecule has 1 saturated heterocycles. The van der Waals surface area contributed by atoms with Crippen molar-refractivity contribution < 1.29 is 4.79 Å². The van der Waals surface area contributed by atoms with Gasteiger partial charge < -0.3 is 15.5 Å². The predicted molar refractivity (Wildman–Crippen MR) is 132 cm³/mol. The monoisotopic (exact) mass is 428 g/mol. The number of amides is 1. The first-order valence-electron chi connectivity index (χ1n) is 11.3. The van der Waals surface area contributed by atoms with Crippen molar-refractivity contribution in [3.63, 3.8) is 0 Å². The van der Waals surface area contributed by atoms with Crippen LogP contribution in [-0.4, -0.2) is 49.6 Å². The summed E-state index contributed by atoms with van der Waals surface area (Å²) in [4.78, 5) is 19.4. The van der Waals surface area contributed by atoms with Crippen molar-refractivity contribution in [1.29, 1.82) is 0 Å². The van der Waals surface area contributed by atoms with Gasteiger partial charge in [0, 0.05) is 51.0 Å². The van der Waals surface area contributed by atoms with Crippen LogP contribution in [0.2, 0.25) is 0 Å². The van der Waals surface area contributed by atoms with Crippen molar-refractivity contribution in [3.8, 4) is 0 Å². The van der Waals surface area contributed by atoms with Gasteiger partial charge in [-0.3, -0.25) is 9.69 Å². The van der Waals surface area contributed by atoms with Gasteiger partial charge in [-0.15, -0.1) is 0 Å². The Hall–Kier alpha value is -3.31. The molecule has 1 fully saturated rings. The quantitative estimate of drug-likeness (QED) is 0.589. The molecule has 2 N–H and O–H groups in total. The summed E-state index contributed by atoms with van der Waals surface area (Å²) in [5, 5.41) is 0. The number of nitrogens with zero attached hydrogens (tertiary/aromatic N) is 3. The second kappa shape index (κ2) is 10.3. The molecular formula is C27H32N4O. The molecule has 0 spiro atoms. The van der Waals surface area contributed by atoms with Crippen LogP contribution in [0.5, 0.6) is 0 Å². The van der Waals surface area contributed by atoms with Gasteiger partial charge in [0.2, 0.25) is 0 Å². The SMILES string of the molecule is CC(CN1CCN(c2ccccc2)CC1)N(Cc1ccccc1)c1ccccc1C(N)=O. The number of anilines is 2. The molecule has 0 radical (unpaired) electrons. The zero-order chi connectivity index (χ0) is 22.3. The molecule has 1 aliphatic rings. The molecule has 1 amide bonds. The summed E-state index contributed by atoms with van der Waals surface area (Å²) in [6.07, 6.45) is 0. The largest absolute Gasteiger partial charge is 0.369 e. The highest BCUT2D eigenvalue weighted by Gasteiger charge is 2.24. The number of carbonyl (C=O) groups excluding carboxylic acids is 1. The highest BCUT2D eigenvalue weighted by molar-refractivity contribution is 5.98. The van der Waals surface area contributed by atoms with Crippen molar-refractivity contribution in [2.45, 2.75) is 19.5 Å².